The zero-order valence-electron chi connectivity index (χ0n) is 9.75. The third-order valence-corrected chi connectivity index (χ3v) is 4.48. The van der Waals surface area contributed by atoms with Crippen LogP contribution in [0.25, 0.3) is 0 Å². The fraction of sp³-hybridized carbons (Fsp3) is 0.385. The van der Waals surface area contributed by atoms with Gasteiger partial charge in [-0.25, -0.2) is 0 Å². The number of nitrogens with one attached hydrogen (secondary N) is 1. The maximum atomic E-state index is 3.49. The quantitative estimate of drug-likeness (QED) is 0.798. The molecule has 86 valence electrons. The summed E-state index contributed by atoms with van der Waals surface area (Å²) in [5.41, 5.74) is 1.50. The first kappa shape index (κ1) is 11.8. The molecule has 2 aromatic rings. The van der Waals surface area contributed by atoms with Gasteiger partial charge in [0.1, 0.15) is 0 Å². The molecule has 16 heavy (non-hydrogen) atoms. The van der Waals surface area contributed by atoms with Gasteiger partial charge >= 0.3 is 0 Å². The summed E-state index contributed by atoms with van der Waals surface area (Å²) in [7, 11) is 0. The van der Waals surface area contributed by atoms with E-state index in [4.69, 9.17) is 0 Å². The van der Waals surface area contributed by atoms with Crippen LogP contribution in [0.2, 0.25) is 0 Å². The topological polar surface area (TPSA) is 12.0 Å². The summed E-state index contributed by atoms with van der Waals surface area (Å²) >= 11 is 3.72. The Labute approximate surface area is 105 Å². The Kier molecular flexibility index (Phi) is 4.16. The number of hydrogen-bond acceptors (Lipinski definition) is 3. The Morgan fingerprint density at radius 2 is 2.19 bits per heavy atom. The molecule has 0 radical (unpaired) electrons. The number of rotatable bonds is 5. The maximum absolute atomic E-state index is 3.49. The van der Waals surface area contributed by atoms with Crippen LogP contribution in [0, 0.1) is 13.8 Å². The minimum absolute atomic E-state index is 1.000. The smallest absolute Gasteiger partial charge is 0.0299 e. The summed E-state index contributed by atoms with van der Waals surface area (Å²) in [6, 6.07) is 6.60. The standard InChI is InChI=1S/C13H17NS2/c1-10-8-12(11(2)16-10)5-6-14-9-13-4-3-7-15-13/h3-4,7-8,14H,5-6,9H2,1-2H3. The lowest BCUT2D eigenvalue weighted by Crippen LogP contribution is -2.15. The average Bonchev–Trinajstić information content (AvgIpc) is 2.84. The van der Waals surface area contributed by atoms with Crippen molar-refractivity contribution in [1.82, 2.24) is 5.32 Å². The first-order valence-electron chi connectivity index (χ1n) is 5.54. The van der Waals surface area contributed by atoms with Crippen molar-refractivity contribution in [3.05, 3.63) is 43.8 Å². The van der Waals surface area contributed by atoms with Crippen molar-refractivity contribution in [1.29, 1.82) is 0 Å². The molecule has 0 bridgehead atoms. The molecule has 0 spiro atoms. The molecule has 0 aliphatic carbocycles. The summed E-state index contributed by atoms with van der Waals surface area (Å²) in [6.07, 6.45) is 1.14. The lowest BCUT2D eigenvalue weighted by atomic mass is 10.2. The zero-order valence-corrected chi connectivity index (χ0v) is 11.4. The van der Waals surface area contributed by atoms with E-state index in [9.17, 15) is 0 Å². The lowest BCUT2D eigenvalue weighted by Gasteiger charge is -2.02. The number of aryl methyl sites for hydroxylation is 2. The van der Waals surface area contributed by atoms with Crippen LogP contribution in [-0.2, 0) is 13.0 Å². The van der Waals surface area contributed by atoms with Gasteiger partial charge in [0.2, 0.25) is 0 Å². The third-order valence-electron chi connectivity index (χ3n) is 2.59. The van der Waals surface area contributed by atoms with Gasteiger partial charge in [0, 0.05) is 21.2 Å². The number of thiophene rings is 2. The molecule has 1 N–H and O–H groups in total. The predicted octanol–water partition coefficient (Wildman–Crippen LogP) is 3.76. The summed E-state index contributed by atoms with van der Waals surface area (Å²) in [5, 5.41) is 5.62. The van der Waals surface area contributed by atoms with Gasteiger partial charge in [-0.15, -0.1) is 22.7 Å². The van der Waals surface area contributed by atoms with Gasteiger partial charge in [-0.2, -0.15) is 0 Å². The van der Waals surface area contributed by atoms with Crippen LogP contribution in [0.3, 0.4) is 0 Å². The second-order valence-corrected chi connectivity index (χ2v) is 6.44. The zero-order chi connectivity index (χ0) is 11.4. The molecule has 0 amide bonds. The van der Waals surface area contributed by atoms with E-state index in [-0.39, 0.29) is 0 Å². The van der Waals surface area contributed by atoms with Gasteiger partial charge in [0.25, 0.3) is 0 Å². The van der Waals surface area contributed by atoms with Crippen LogP contribution >= 0.6 is 22.7 Å². The van der Waals surface area contributed by atoms with Crippen molar-refractivity contribution in [3.63, 3.8) is 0 Å². The molecule has 3 heteroatoms. The fourth-order valence-electron chi connectivity index (χ4n) is 1.78. The highest BCUT2D eigenvalue weighted by Gasteiger charge is 2.02. The average molecular weight is 251 g/mol. The van der Waals surface area contributed by atoms with Crippen LogP contribution in [0.15, 0.2) is 23.6 Å². The van der Waals surface area contributed by atoms with Crippen molar-refractivity contribution < 1.29 is 0 Å². The summed E-state index contributed by atoms with van der Waals surface area (Å²) < 4.78 is 0. The molecule has 2 rings (SSSR count). The first-order valence-corrected chi connectivity index (χ1v) is 7.24. The van der Waals surface area contributed by atoms with Crippen molar-refractivity contribution in [2.24, 2.45) is 0 Å². The van der Waals surface area contributed by atoms with Crippen LogP contribution in [0.5, 0.6) is 0 Å². The van der Waals surface area contributed by atoms with Crippen molar-refractivity contribution in [3.8, 4) is 0 Å². The van der Waals surface area contributed by atoms with Gasteiger partial charge in [-0.3, -0.25) is 0 Å². The van der Waals surface area contributed by atoms with E-state index in [1.165, 1.54) is 20.2 Å². The molecule has 2 aromatic heterocycles. The van der Waals surface area contributed by atoms with Gasteiger partial charge in [-0.05, 0) is 49.9 Å². The molecule has 0 fully saturated rings. The molecule has 0 unspecified atom stereocenters. The molecule has 0 aliphatic rings. The van der Waals surface area contributed by atoms with E-state index < -0.39 is 0 Å². The highest BCUT2D eigenvalue weighted by molar-refractivity contribution is 7.12. The predicted molar refractivity (Wildman–Crippen MR) is 73.5 cm³/mol. The van der Waals surface area contributed by atoms with Crippen LogP contribution in [0.1, 0.15) is 20.2 Å². The first-order chi connectivity index (χ1) is 7.75. The molecule has 2 heterocycles. The summed E-state index contributed by atoms with van der Waals surface area (Å²) in [6.45, 7) is 6.46. The monoisotopic (exact) mass is 251 g/mol. The Hall–Kier alpha value is -0.640. The van der Waals surface area contributed by atoms with E-state index in [1.54, 1.807) is 0 Å². The van der Waals surface area contributed by atoms with Gasteiger partial charge in [0.15, 0.2) is 0 Å². The van der Waals surface area contributed by atoms with Crippen molar-refractivity contribution >= 4 is 22.7 Å². The minimum Gasteiger partial charge on any atom is -0.312 e. The molecule has 0 aromatic carbocycles. The van der Waals surface area contributed by atoms with Gasteiger partial charge < -0.3 is 5.32 Å². The van der Waals surface area contributed by atoms with Gasteiger partial charge in [0.05, 0.1) is 0 Å². The molecular formula is C13H17NS2. The number of hydrogen-bond donors (Lipinski definition) is 1. The van der Waals surface area contributed by atoms with E-state index in [2.05, 4.69) is 42.7 Å². The van der Waals surface area contributed by atoms with Gasteiger partial charge in [-0.1, -0.05) is 6.07 Å². The normalized spacial score (nSPS) is 10.9. The molecule has 0 saturated heterocycles. The van der Waals surface area contributed by atoms with E-state index in [1.807, 2.05) is 22.7 Å². The Bertz CT molecular complexity index is 429. The molecule has 0 atom stereocenters. The van der Waals surface area contributed by atoms with E-state index in [0.717, 1.165) is 19.5 Å². The van der Waals surface area contributed by atoms with E-state index in [0.29, 0.717) is 0 Å². The van der Waals surface area contributed by atoms with Crippen molar-refractivity contribution in [2.75, 3.05) is 6.54 Å². The highest BCUT2D eigenvalue weighted by Crippen LogP contribution is 2.20. The molecular weight excluding hydrogens is 234 g/mol. The van der Waals surface area contributed by atoms with Crippen LogP contribution in [-0.4, -0.2) is 6.54 Å². The lowest BCUT2D eigenvalue weighted by molar-refractivity contribution is 0.693. The maximum Gasteiger partial charge on any atom is 0.0299 e. The molecule has 0 saturated carbocycles. The summed E-state index contributed by atoms with van der Waals surface area (Å²) in [5.74, 6) is 0. The second kappa shape index (κ2) is 5.62. The highest BCUT2D eigenvalue weighted by atomic mass is 32.1. The SMILES string of the molecule is Cc1cc(CCNCc2cccs2)c(C)s1. The van der Waals surface area contributed by atoms with Crippen molar-refractivity contribution in [2.45, 2.75) is 26.8 Å². The third kappa shape index (κ3) is 3.17. The fourth-order valence-corrected chi connectivity index (χ4v) is 3.43. The molecule has 1 nitrogen and oxygen atoms in total. The van der Waals surface area contributed by atoms with Crippen LogP contribution < -0.4 is 5.32 Å². The Morgan fingerprint density at radius 1 is 1.31 bits per heavy atom. The minimum atomic E-state index is 1.000. The second-order valence-electron chi connectivity index (χ2n) is 3.94. The Balaban J connectivity index is 1.74. The van der Waals surface area contributed by atoms with E-state index >= 15 is 0 Å². The Morgan fingerprint density at radius 3 is 2.81 bits per heavy atom. The van der Waals surface area contributed by atoms with Crippen LogP contribution in [0.4, 0.5) is 0 Å². The largest absolute Gasteiger partial charge is 0.312 e. The molecule has 0 aliphatic heterocycles. The summed E-state index contributed by atoms with van der Waals surface area (Å²) in [4.78, 5) is 4.31.